The summed E-state index contributed by atoms with van der Waals surface area (Å²) >= 11 is 0. The zero-order valence-corrected chi connectivity index (χ0v) is 8.59. The minimum absolute atomic E-state index is 0.474. The Morgan fingerprint density at radius 2 is 1.67 bits per heavy atom. The highest BCUT2D eigenvalue weighted by Gasteiger charge is 2.22. The third kappa shape index (κ3) is 2.46. The monoisotopic (exact) mass is 170 g/mol. The highest BCUT2D eigenvalue weighted by molar-refractivity contribution is 4.80. The summed E-state index contributed by atoms with van der Waals surface area (Å²) in [6, 6.07) is 1.93. The lowest BCUT2D eigenvalue weighted by Crippen LogP contribution is -2.41. The molecule has 0 spiro atoms. The predicted molar refractivity (Wildman–Crippen MR) is 53.1 cm³/mol. The van der Waals surface area contributed by atoms with Gasteiger partial charge >= 0.3 is 0 Å². The highest BCUT2D eigenvalue weighted by atomic mass is 15.1. The van der Waals surface area contributed by atoms with Gasteiger partial charge < -0.3 is 10.6 Å². The lowest BCUT2D eigenvalue weighted by Gasteiger charge is -2.35. The molecule has 0 bridgehead atoms. The summed E-state index contributed by atoms with van der Waals surface area (Å²) in [7, 11) is 2.23. The van der Waals surface area contributed by atoms with Gasteiger partial charge in [0.2, 0.25) is 0 Å². The fraction of sp³-hybridized carbons (Fsp3) is 1.00. The summed E-state index contributed by atoms with van der Waals surface area (Å²) in [5, 5.41) is 0. The van der Waals surface area contributed by atoms with Crippen LogP contribution in [0.2, 0.25) is 0 Å². The summed E-state index contributed by atoms with van der Waals surface area (Å²) < 4.78 is 0. The lowest BCUT2D eigenvalue weighted by atomic mass is 9.90. The molecule has 2 heteroatoms. The van der Waals surface area contributed by atoms with Crippen LogP contribution in [0.25, 0.3) is 0 Å². The summed E-state index contributed by atoms with van der Waals surface area (Å²) in [6.07, 6.45) is 5.00. The van der Waals surface area contributed by atoms with Gasteiger partial charge in [0.1, 0.15) is 0 Å². The molecule has 2 nitrogen and oxygen atoms in total. The minimum Gasteiger partial charge on any atom is -0.328 e. The second-order valence-corrected chi connectivity index (χ2v) is 4.33. The summed E-state index contributed by atoms with van der Waals surface area (Å²) in [5.41, 5.74) is 5.85. The van der Waals surface area contributed by atoms with E-state index >= 15 is 0 Å². The number of nitrogens with zero attached hydrogens (tertiary/aromatic N) is 1. The maximum absolute atomic E-state index is 5.85. The van der Waals surface area contributed by atoms with Gasteiger partial charge in [-0.2, -0.15) is 0 Å². The van der Waals surface area contributed by atoms with Crippen LogP contribution in [0.3, 0.4) is 0 Å². The molecule has 0 saturated heterocycles. The number of rotatable bonds is 2. The van der Waals surface area contributed by atoms with E-state index in [0.29, 0.717) is 12.1 Å². The molecule has 72 valence electrons. The van der Waals surface area contributed by atoms with Crippen molar-refractivity contribution in [2.24, 2.45) is 5.73 Å². The third-order valence-electron chi connectivity index (χ3n) is 3.13. The molecule has 0 amide bonds. The van der Waals surface area contributed by atoms with Crippen molar-refractivity contribution in [2.75, 3.05) is 7.05 Å². The molecule has 1 aliphatic rings. The van der Waals surface area contributed by atoms with Gasteiger partial charge in [-0.15, -0.1) is 0 Å². The molecule has 1 saturated carbocycles. The lowest BCUT2D eigenvalue weighted by molar-refractivity contribution is 0.149. The van der Waals surface area contributed by atoms with Crippen LogP contribution < -0.4 is 5.73 Å². The van der Waals surface area contributed by atoms with Gasteiger partial charge in [-0.1, -0.05) is 0 Å². The molecule has 12 heavy (non-hydrogen) atoms. The second kappa shape index (κ2) is 4.24. The fourth-order valence-corrected chi connectivity index (χ4v) is 1.93. The predicted octanol–water partition coefficient (Wildman–Crippen LogP) is 1.60. The highest BCUT2D eigenvalue weighted by Crippen LogP contribution is 2.22. The summed E-state index contributed by atoms with van der Waals surface area (Å²) in [5.74, 6) is 0. The van der Waals surface area contributed by atoms with Crippen molar-refractivity contribution in [3.05, 3.63) is 0 Å². The zero-order valence-electron chi connectivity index (χ0n) is 8.59. The molecule has 0 aromatic carbocycles. The fourth-order valence-electron chi connectivity index (χ4n) is 1.93. The first-order valence-corrected chi connectivity index (χ1v) is 5.08. The van der Waals surface area contributed by atoms with Gasteiger partial charge in [0.05, 0.1) is 0 Å². The SMILES string of the molecule is CC(C)N(C)[C@H]1CC[C@@H](N)CC1. The molecule has 2 N–H and O–H groups in total. The van der Waals surface area contributed by atoms with Gasteiger partial charge in [-0.25, -0.2) is 0 Å². The molecule has 0 atom stereocenters. The molecule has 0 aromatic rings. The number of nitrogens with two attached hydrogens (primary N) is 1. The first-order chi connectivity index (χ1) is 5.61. The van der Waals surface area contributed by atoms with E-state index in [1.54, 1.807) is 0 Å². The Hall–Kier alpha value is -0.0800. The van der Waals surface area contributed by atoms with Crippen molar-refractivity contribution < 1.29 is 0 Å². The van der Waals surface area contributed by atoms with Crippen LogP contribution in [0.15, 0.2) is 0 Å². The van der Waals surface area contributed by atoms with Crippen LogP contribution in [0, 0.1) is 0 Å². The van der Waals surface area contributed by atoms with Crippen LogP contribution in [-0.2, 0) is 0 Å². The maximum atomic E-state index is 5.85. The van der Waals surface area contributed by atoms with Gasteiger partial charge in [0.25, 0.3) is 0 Å². The Labute approximate surface area is 76.1 Å². The second-order valence-electron chi connectivity index (χ2n) is 4.33. The Morgan fingerprint density at radius 3 is 2.08 bits per heavy atom. The molecule has 1 rings (SSSR count). The standard InChI is InChI=1S/C10H22N2/c1-8(2)12(3)10-6-4-9(11)5-7-10/h8-10H,4-7,11H2,1-3H3/t9-,10+. The molecule has 1 aliphatic carbocycles. The van der Waals surface area contributed by atoms with Crippen molar-refractivity contribution in [1.29, 1.82) is 0 Å². The van der Waals surface area contributed by atoms with Crippen molar-refractivity contribution >= 4 is 0 Å². The molecule has 0 heterocycles. The molecular formula is C10H22N2. The van der Waals surface area contributed by atoms with Gasteiger partial charge in [0, 0.05) is 18.1 Å². The Balaban J connectivity index is 2.34. The quantitative estimate of drug-likeness (QED) is 0.682. The zero-order chi connectivity index (χ0) is 9.14. The Bertz CT molecular complexity index is 126. The van der Waals surface area contributed by atoms with Gasteiger partial charge in [-0.3, -0.25) is 0 Å². The average molecular weight is 170 g/mol. The first-order valence-electron chi connectivity index (χ1n) is 5.08. The summed E-state index contributed by atoms with van der Waals surface area (Å²) in [6.45, 7) is 4.52. The largest absolute Gasteiger partial charge is 0.328 e. The Kier molecular flexibility index (Phi) is 3.53. The minimum atomic E-state index is 0.474. The van der Waals surface area contributed by atoms with E-state index < -0.39 is 0 Å². The van der Waals surface area contributed by atoms with Crippen LogP contribution in [0.1, 0.15) is 39.5 Å². The van der Waals surface area contributed by atoms with Gasteiger partial charge in [-0.05, 0) is 46.6 Å². The van der Waals surface area contributed by atoms with Crippen molar-refractivity contribution in [2.45, 2.75) is 57.7 Å². The molecule has 0 radical (unpaired) electrons. The third-order valence-corrected chi connectivity index (χ3v) is 3.13. The molecular weight excluding hydrogens is 148 g/mol. The first kappa shape index (κ1) is 10.0. The smallest absolute Gasteiger partial charge is 0.00960 e. The molecule has 1 fully saturated rings. The molecule has 0 unspecified atom stereocenters. The van der Waals surface area contributed by atoms with E-state index in [1.807, 2.05) is 0 Å². The Morgan fingerprint density at radius 1 is 1.17 bits per heavy atom. The number of hydrogen-bond donors (Lipinski definition) is 1. The van der Waals surface area contributed by atoms with Crippen LogP contribution in [-0.4, -0.2) is 30.1 Å². The maximum Gasteiger partial charge on any atom is 0.00960 e. The van der Waals surface area contributed by atoms with Crippen LogP contribution >= 0.6 is 0 Å². The van der Waals surface area contributed by atoms with E-state index in [0.717, 1.165) is 6.04 Å². The number of hydrogen-bond acceptors (Lipinski definition) is 2. The van der Waals surface area contributed by atoms with Gasteiger partial charge in [0.15, 0.2) is 0 Å². The van der Waals surface area contributed by atoms with E-state index in [1.165, 1.54) is 25.7 Å². The van der Waals surface area contributed by atoms with E-state index in [9.17, 15) is 0 Å². The molecule has 0 aromatic heterocycles. The average Bonchev–Trinajstić information content (AvgIpc) is 2.04. The summed E-state index contributed by atoms with van der Waals surface area (Å²) in [4.78, 5) is 2.48. The van der Waals surface area contributed by atoms with Crippen LogP contribution in [0.5, 0.6) is 0 Å². The van der Waals surface area contributed by atoms with Crippen molar-refractivity contribution in [3.8, 4) is 0 Å². The van der Waals surface area contributed by atoms with Crippen molar-refractivity contribution in [3.63, 3.8) is 0 Å². The molecule has 0 aliphatic heterocycles. The van der Waals surface area contributed by atoms with Crippen LogP contribution in [0.4, 0.5) is 0 Å². The van der Waals surface area contributed by atoms with Crippen molar-refractivity contribution in [1.82, 2.24) is 4.90 Å². The van der Waals surface area contributed by atoms with E-state index in [2.05, 4.69) is 25.8 Å². The topological polar surface area (TPSA) is 29.3 Å². The van der Waals surface area contributed by atoms with E-state index in [-0.39, 0.29) is 0 Å². The van der Waals surface area contributed by atoms with E-state index in [4.69, 9.17) is 5.73 Å². The normalized spacial score (nSPS) is 31.5.